The lowest BCUT2D eigenvalue weighted by Crippen LogP contribution is -2.34. The van der Waals surface area contributed by atoms with Crippen LogP contribution in [-0.4, -0.2) is 42.4 Å². The van der Waals surface area contributed by atoms with Crippen LogP contribution in [0.5, 0.6) is 0 Å². The number of fused-ring (bicyclic) bond motifs is 1. The van der Waals surface area contributed by atoms with Gasteiger partial charge in [0.1, 0.15) is 6.54 Å². The normalized spacial score (nSPS) is 12.6. The van der Waals surface area contributed by atoms with E-state index < -0.39 is 12.6 Å². The Hall–Kier alpha value is -4.19. The van der Waals surface area contributed by atoms with Crippen molar-refractivity contribution in [2.24, 2.45) is 0 Å². The molecule has 4 rings (SSSR count). The molecule has 172 valence electrons. The van der Waals surface area contributed by atoms with E-state index in [9.17, 15) is 14.4 Å². The maximum atomic E-state index is 12.5. The monoisotopic (exact) mass is 454 g/mol. The van der Waals surface area contributed by atoms with Crippen LogP contribution in [0.3, 0.4) is 0 Å². The second kappa shape index (κ2) is 10.6. The highest BCUT2D eigenvalue weighted by atomic mass is 16.5. The van der Waals surface area contributed by atoms with Gasteiger partial charge in [0.2, 0.25) is 0 Å². The smallest absolute Gasteiger partial charge is 0.326 e. The SMILES string of the molecule is C=C1c2ccccc2C(=O)N1CC(=O)OCC(=O)NCCC(c1ccccc1)c1ccccc1. The second-order valence-corrected chi connectivity index (χ2v) is 8.06. The number of carbonyl (C=O) groups is 3. The number of rotatable bonds is 9. The van der Waals surface area contributed by atoms with E-state index in [1.807, 2.05) is 42.5 Å². The summed E-state index contributed by atoms with van der Waals surface area (Å²) in [7, 11) is 0. The molecule has 1 heterocycles. The standard InChI is InChI=1S/C28H26N2O4/c1-20-23-14-8-9-15-25(23)28(33)30(20)18-27(32)34-19-26(31)29-17-16-24(21-10-4-2-5-11-21)22-12-6-3-7-13-22/h2-15,24H,1,16-19H2,(H,29,31). The van der Waals surface area contributed by atoms with Crippen LogP contribution >= 0.6 is 0 Å². The molecule has 0 aliphatic carbocycles. The van der Waals surface area contributed by atoms with E-state index in [1.165, 1.54) is 16.0 Å². The third kappa shape index (κ3) is 5.23. The minimum Gasteiger partial charge on any atom is -0.454 e. The van der Waals surface area contributed by atoms with Gasteiger partial charge in [-0.25, -0.2) is 0 Å². The molecule has 0 bridgehead atoms. The fourth-order valence-corrected chi connectivity index (χ4v) is 4.13. The molecule has 0 fully saturated rings. The van der Waals surface area contributed by atoms with Crippen LogP contribution in [0.2, 0.25) is 0 Å². The van der Waals surface area contributed by atoms with E-state index in [4.69, 9.17) is 4.74 Å². The lowest BCUT2D eigenvalue weighted by Gasteiger charge is -2.19. The van der Waals surface area contributed by atoms with Crippen LogP contribution in [0.1, 0.15) is 39.4 Å². The lowest BCUT2D eigenvalue weighted by molar-refractivity contribution is -0.148. The van der Waals surface area contributed by atoms with Crippen molar-refractivity contribution < 1.29 is 19.1 Å². The molecule has 2 amide bonds. The Bertz CT molecular complexity index is 1120. The third-order valence-electron chi connectivity index (χ3n) is 5.85. The maximum absolute atomic E-state index is 12.5. The largest absolute Gasteiger partial charge is 0.454 e. The molecular formula is C28H26N2O4. The molecule has 0 saturated carbocycles. The maximum Gasteiger partial charge on any atom is 0.326 e. The Labute approximate surface area is 198 Å². The van der Waals surface area contributed by atoms with E-state index in [2.05, 4.69) is 36.2 Å². The van der Waals surface area contributed by atoms with Gasteiger partial charge in [0.05, 0.1) is 0 Å². The first-order chi connectivity index (χ1) is 16.5. The van der Waals surface area contributed by atoms with Crippen LogP contribution in [0.4, 0.5) is 0 Å². The average Bonchev–Trinajstić information content (AvgIpc) is 3.11. The summed E-state index contributed by atoms with van der Waals surface area (Å²) in [5.74, 6) is -1.21. The molecule has 0 unspecified atom stereocenters. The average molecular weight is 455 g/mol. The fourth-order valence-electron chi connectivity index (χ4n) is 4.13. The molecule has 1 aliphatic heterocycles. The van der Waals surface area contributed by atoms with Crippen LogP contribution in [0, 0.1) is 0 Å². The van der Waals surface area contributed by atoms with Gasteiger partial charge in [-0.2, -0.15) is 0 Å². The number of nitrogens with one attached hydrogen (secondary N) is 1. The van der Waals surface area contributed by atoms with Crippen LogP contribution in [0.15, 0.2) is 91.5 Å². The zero-order valence-electron chi connectivity index (χ0n) is 18.8. The Balaban J connectivity index is 1.25. The van der Waals surface area contributed by atoms with Crippen molar-refractivity contribution in [1.29, 1.82) is 0 Å². The number of benzene rings is 3. The minimum atomic E-state index is -0.663. The predicted molar refractivity (Wildman–Crippen MR) is 130 cm³/mol. The molecule has 0 radical (unpaired) electrons. The molecule has 0 spiro atoms. The highest BCUT2D eigenvalue weighted by Gasteiger charge is 2.32. The van der Waals surface area contributed by atoms with Gasteiger partial charge in [0, 0.05) is 29.3 Å². The van der Waals surface area contributed by atoms with E-state index >= 15 is 0 Å². The van der Waals surface area contributed by atoms with E-state index in [-0.39, 0.29) is 24.3 Å². The van der Waals surface area contributed by atoms with Gasteiger partial charge in [-0.05, 0) is 23.6 Å². The van der Waals surface area contributed by atoms with Gasteiger partial charge in [-0.3, -0.25) is 19.3 Å². The van der Waals surface area contributed by atoms with Crippen LogP contribution in [-0.2, 0) is 14.3 Å². The van der Waals surface area contributed by atoms with Gasteiger partial charge in [0.15, 0.2) is 6.61 Å². The summed E-state index contributed by atoms with van der Waals surface area (Å²) in [6, 6.07) is 27.3. The molecule has 3 aromatic carbocycles. The number of carbonyl (C=O) groups excluding carboxylic acids is 3. The van der Waals surface area contributed by atoms with Crippen molar-refractivity contribution >= 4 is 23.5 Å². The number of hydrogen-bond acceptors (Lipinski definition) is 4. The summed E-state index contributed by atoms with van der Waals surface area (Å²) in [6.45, 7) is 3.64. The topological polar surface area (TPSA) is 75.7 Å². The minimum absolute atomic E-state index is 0.138. The first-order valence-electron chi connectivity index (χ1n) is 11.2. The summed E-state index contributed by atoms with van der Waals surface area (Å²) in [5, 5.41) is 2.82. The summed E-state index contributed by atoms with van der Waals surface area (Å²) < 4.78 is 5.10. The van der Waals surface area contributed by atoms with Gasteiger partial charge in [-0.15, -0.1) is 0 Å². The number of nitrogens with zero attached hydrogens (tertiary/aromatic N) is 1. The van der Waals surface area contributed by atoms with Crippen molar-refractivity contribution in [3.05, 3.63) is 114 Å². The number of hydrogen-bond donors (Lipinski definition) is 1. The van der Waals surface area contributed by atoms with Gasteiger partial charge >= 0.3 is 5.97 Å². The molecular weight excluding hydrogens is 428 g/mol. The Morgan fingerprint density at radius 1 is 0.853 bits per heavy atom. The Kier molecular flexibility index (Phi) is 7.18. The molecule has 6 nitrogen and oxygen atoms in total. The third-order valence-corrected chi connectivity index (χ3v) is 5.85. The molecule has 1 aliphatic rings. The van der Waals surface area contributed by atoms with Crippen molar-refractivity contribution in [1.82, 2.24) is 10.2 Å². The van der Waals surface area contributed by atoms with Crippen molar-refractivity contribution in [2.45, 2.75) is 12.3 Å². The lowest BCUT2D eigenvalue weighted by atomic mass is 9.88. The highest BCUT2D eigenvalue weighted by molar-refractivity contribution is 6.10. The quantitative estimate of drug-likeness (QED) is 0.496. The van der Waals surface area contributed by atoms with E-state index in [0.717, 1.165) is 0 Å². The second-order valence-electron chi connectivity index (χ2n) is 8.06. The van der Waals surface area contributed by atoms with Crippen molar-refractivity contribution in [3.63, 3.8) is 0 Å². The fraction of sp³-hybridized carbons (Fsp3) is 0.179. The van der Waals surface area contributed by atoms with Gasteiger partial charge < -0.3 is 10.1 Å². The molecule has 1 N–H and O–H groups in total. The predicted octanol–water partition coefficient (Wildman–Crippen LogP) is 3.99. The molecule has 0 saturated heterocycles. The summed E-state index contributed by atoms with van der Waals surface area (Å²) in [4.78, 5) is 38.3. The molecule has 3 aromatic rings. The zero-order valence-corrected chi connectivity index (χ0v) is 18.8. The number of esters is 1. The Morgan fingerprint density at radius 2 is 1.41 bits per heavy atom. The summed E-state index contributed by atoms with van der Waals surface area (Å²) >= 11 is 0. The molecule has 0 aromatic heterocycles. The molecule has 0 atom stereocenters. The van der Waals surface area contributed by atoms with Crippen molar-refractivity contribution in [3.8, 4) is 0 Å². The highest BCUT2D eigenvalue weighted by Crippen LogP contribution is 2.31. The van der Waals surface area contributed by atoms with Crippen LogP contribution < -0.4 is 5.32 Å². The van der Waals surface area contributed by atoms with E-state index in [0.29, 0.717) is 29.8 Å². The van der Waals surface area contributed by atoms with E-state index in [1.54, 1.807) is 18.2 Å². The van der Waals surface area contributed by atoms with Gasteiger partial charge in [-0.1, -0.05) is 85.4 Å². The number of amides is 2. The molecule has 6 heteroatoms. The zero-order chi connectivity index (χ0) is 23.9. The summed E-state index contributed by atoms with van der Waals surface area (Å²) in [5.41, 5.74) is 4.00. The summed E-state index contributed by atoms with van der Waals surface area (Å²) in [6.07, 6.45) is 0.702. The van der Waals surface area contributed by atoms with Crippen molar-refractivity contribution in [2.75, 3.05) is 19.7 Å². The molecule has 34 heavy (non-hydrogen) atoms. The first-order valence-corrected chi connectivity index (χ1v) is 11.2. The van der Waals surface area contributed by atoms with Gasteiger partial charge in [0.25, 0.3) is 11.8 Å². The van der Waals surface area contributed by atoms with Crippen LogP contribution in [0.25, 0.3) is 5.70 Å². The number of ether oxygens (including phenoxy) is 1. The Morgan fingerprint density at radius 3 is 2.00 bits per heavy atom. The first kappa shape index (κ1) is 23.0.